The highest BCUT2D eigenvalue weighted by Crippen LogP contribution is 2.42. The summed E-state index contributed by atoms with van der Waals surface area (Å²) in [6.45, 7) is 1.95. The molecule has 0 saturated carbocycles. The number of phenols is 1. The Kier molecular flexibility index (Phi) is 8.80. The number of aromatic nitrogens is 3. The molecule has 6 heterocycles. The van der Waals surface area contributed by atoms with Crippen molar-refractivity contribution in [3.63, 3.8) is 0 Å². The van der Waals surface area contributed by atoms with Crippen molar-refractivity contribution in [1.82, 2.24) is 24.8 Å². The molecule has 0 spiro atoms. The van der Waals surface area contributed by atoms with Crippen LogP contribution in [0.15, 0.2) is 60.8 Å². The average molecular weight is 762 g/mol. The van der Waals surface area contributed by atoms with Gasteiger partial charge in [-0.2, -0.15) is 9.97 Å². The number of halogens is 2. The number of fused-ring (bicyclic) bond motifs is 5. The maximum absolute atomic E-state index is 17.1. The Bertz CT molecular complexity index is 2430. The maximum Gasteiger partial charge on any atom is 0.410 e. The van der Waals surface area contributed by atoms with E-state index in [1.54, 1.807) is 41.3 Å². The summed E-state index contributed by atoms with van der Waals surface area (Å²) in [5.41, 5.74) is 0.781. The van der Waals surface area contributed by atoms with E-state index in [1.807, 2.05) is 4.90 Å². The molecule has 4 aliphatic heterocycles. The van der Waals surface area contributed by atoms with E-state index >= 15 is 4.39 Å². The Balaban J connectivity index is 1.06. The van der Waals surface area contributed by atoms with Crippen LogP contribution in [-0.2, 0) is 11.3 Å². The molecule has 4 fully saturated rings. The molecule has 3 unspecified atom stereocenters. The molecule has 4 atom stereocenters. The minimum atomic E-state index is -0.962. The summed E-state index contributed by atoms with van der Waals surface area (Å²) in [5, 5.41) is 23.2. The lowest BCUT2D eigenvalue weighted by molar-refractivity contribution is -0.384. The lowest BCUT2D eigenvalue weighted by Crippen LogP contribution is -2.56. The van der Waals surface area contributed by atoms with Crippen molar-refractivity contribution in [3.05, 3.63) is 87.9 Å². The molecule has 1 amide bonds. The van der Waals surface area contributed by atoms with Crippen molar-refractivity contribution >= 4 is 39.3 Å². The van der Waals surface area contributed by atoms with E-state index in [2.05, 4.69) is 20.8 Å². The summed E-state index contributed by atoms with van der Waals surface area (Å²) in [6, 6.07) is 13.6. The fraction of sp³-hybridized carbons (Fsp3) is 0.366. The summed E-state index contributed by atoms with van der Waals surface area (Å²) >= 11 is 0. The van der Waals surface area contributed by atoms with Gasteiger partial charge in [0, 0.05) is 60.9 Å². The first-order chi connectivity index (χ1) is 27.1. The maximum atomic E-state index is 17.1. The molecule has 286 valence electrons. The monoisotopic (exact) mass is 761 g/mol. The number of piperazine rings is 1. The standard InChI is InChI=1S/C41H37F2N7O6/c1-2-25-5-3-6-26-15-31(51)16-32(34(25)26)36-35(43)37-33(18-44-36)38(46-39(45-37)56-23-41-13-4-14-48(41)19-27(42)17-41)47-20-29-11-12-30(21-47)49(29)40(52)55-22-24-7-9-28(10-8-24)50(53)54/h1,3,5-10,15-16,18,27,29-30,51H,4,11-14,17,19-23H2/t27-,29?,30?,41?/m1/s1. The first-order valence-corrected chi connectivity index (χ1v) is 18.6. The second kappa shape index (κ2) is 13.9. The van der Waals surface area contributed by atoms with E-state index in [4.69, 9.17) is 20.9 Å². The number of anilines is 1. The number of phenolic OH excluding ortho intramolecular Hbond substituents is 1. The number of alkyl halides is 1. The minimum absolute atomic E-state index is 0.0413. The van der Waals surface area contributed by atoms with E-state index in [0.717, 1.165) is 19.4 Å². The van der Waals surface area contributed by atoms with Gasteiger partial charge >= 0.3 is 12.1 Å². The molecule has 1 N–H and O–H groups in total. The number of terminal acetylenes is 1. The van der Waals surface area contributed by atoms with Crippen molar-refractivity contribution in [3.8, 4) is 35.4 Å². The quantitative estimate of drug-likeness (QED) is 0.105. The average Bonchev–Trinajstić information content (AvgIpc) is 3.82. The zero-order chi connectivity index (χ0) is 38.7. The third-order valence-corrected chi connectivity index (χ3v) is 11.7. The van der Waals surface area contributed by atoms with Gasteiger partial charge in [-0.05, 0) is 73.5 Å². The Morgan fingerprint density at radius 1 is 1.11 bits per heavy atom. The van der Waals surface area contributed by atoms with Gasteiger partial charge in [-0.15, -0.1) is 6.42 Å². The first kappa shape index (κ1) is 35.6. The molecule has 0 radical (unpaired) electrons. The second-order valence-electron chi connectivity index (χ2n) is 15.1. The highest BCUT2D eigenvalue weighted by molar-refractivity contribution is 6.02. The fourth-order valence-electron chi connectivity index (χ4n) is 9.19. The third kappa shape index (κ3) is 6.14. The van der Waals surface area contributed by atoms with Crippen LogP contribution in [0.4, 0.5) is 25.1 Å². The summed E-state index contributed by atoms with van der Waals surface area (Å²) in [7, 11) is 0. The normalized spacial score (nSPS) is 23.1. The number of aromatic hydroxyl groups is 1. The van der Waals surface area contributed by atoms with Crippen molar-refractivity contribution in [2.75, 3.05) is 37.7 Å². The number of benzene rings is 3. The summed E-state index contributed by atoms with van der Waals surface area (Å²) in [5.74, 6) is 2.21. The molecule has 2 bridgehead atoms. The van der Waals surface area contributed by atoms with Gasteiger partial charge < -0.3 is 19.5 Å². The predicted octanol–water partition coefficient (Wildman–Crippen LogP) is 6.52. The van der Waals surface area contributed by atoms with Gasteiger partial charge in [-0.1, -0.05) is 18.1 Å². The molecule has 13 nitrogen and oxygen atoms in total. The molecule has 9 rings (SSSR count). The Labute approximate surface area is 320 Å². The van der Waals surface area contributed by atoms with Gasteiger partial charge in [0.1, 0.15) is 42.2 Å². The lowest BCUT2D eigenvalue weighted by Gasteiger charge is -2.41. The zero-order valence-electron chi connectivity index (χ0n) is 30.2. The van der Waals surface area contributed by atoms with Crippen LogP contribution in [0.1, 0.15) is 43.2 Å². The number of hydrogen-bond donors (Lipinski definition) is 1. The molecule has 2 aromatic heterocycles. The number of nitro benzene ring substituents is 1. The molecule has 4 aliphatic rings. The van der Waals surface area contributed by atoms with Gasteiger partial charge in [0.25, 0.3) is 5.69 Å². The van der Waals surface area contributed by atoms with Crippen LogP contribution < -0.4 is 9.64 Å². The summed E-state index contributed by atoms with van der Waals surface area (Å²) < 4.78 is 43.7. The predicted molar refractivity (Wildman–Crippen MR) is 203 cm³/mol. The topological polar surface area (TPSA) is 147 Å². The van der Waals surface area contributed by atoms with Gasteiger partial charge in [0.15, 0.2) is 5.82 Å². The zero-order valence-corrected chi connectivity index (χ0v) is 30.2. The van der Waals surface area contributed by atoms with E-state index in [9.17, 15) is 24.4 Å². The van der Waals surface area contributed by atoms with Crippen LogP contribution in [0.25, 0.3) is 32.9 Å². The van der Waals surface area contributed by atoms with E-state index in [-0.39, 0.29) is 54.0 Å². The number of hydrogen-bond acceptors (Lipinski definition) is 11. The van der Waals surface area contributed by atoms with E-state index in [0.29, 0.717) is 77.6 Å². The lowest BCUT2D eigenvalue weighted by atomic mass is 9.95. The number of pyridine rings is 1. The van der Waals surface area contributed by atoms with Gasteiger partial charge in [-0.3, -0.25) is 24.9 Å². The number of rotatable bonds is 8. The molecular formula is C41H37F2N7O6. The molecule has 56 heavy (non-hydrogen) atoms. The number of non-ortho nitro benzene ring substituents is 1. The van der Waals surface area contributed by atoms with Gasteiger partial charge in [-0.25, -0.2) is 13.6 Å². The van der Waals surface area contributed by atoms with Crippen LogP contribution in [0.2, 0.25) is 0 Å². The van der Waals surface area contributed by atoms with Crippen molar-refractivity contribution < 1.29 is 33.1 Å². The van der Waals surface area contributed by atoms with Crippen molar-refractivity contribution in [2.45, 2.75) is 62.5 Å². The van der Waals surface area contributed by atoms with Gasteiger partial charge in [0.2, 0.25) is 0 Å². The Morgan fingerprint density at radius 3 is 2.64 bits per heavy atom. The first-order valence-electron chi connectivity index (χ1n) is 18.6. The molecule has 15 heteroatoms. The molecule has 0 aliphatic carbocycles. The van der Waals surface area contributed by atoms with Crippen LogP contribution in [0.3, 0.4) is 0 Å². The third-order valence-electron chi connectivity index (χ3n) is 11.7. The van der Waals surface area contributed by atoms with Crippen LogP contribution in [-0.4, -0.2) is 97.5 Å². The number of nitrogens with zero attached hydrogens (tertiary/aromatic N) is 7. The van der Waals surface area contributed by atoms with Crippen LogP contribution >= 0.6 is 0 Å². The molecule has 4 saturated heterocycles. The Morgan fingerprint density at radius 2 is 1.89 bits per heavy atom. The summed E-state index contributed by atoms with van der Waals surface area (Å²) in [4.78, 5) is 43.8. The number of nitro groups is 1. The molecular weight excluding hydrogens is 724 g/mol. The highest BCUT2D eigenvalue weighted by atomic mass is 19.1. The highest BCUT2D eigenvalue weighted by Gasteiger charge is 2.50. The number of amides is 1. The van der Waals surface area contributed by atoms with E-state index < -0.39 is 28.5 Å². The summed E-state index contributed by atoms with van der Waals surface area (Å²) in [6.07, 6.45) is 9.35. The number of carbonyl (C=O) groups excluding carboxylic acids is 1. The molecule has 3 aromatic carbocycles. The van der Waals surface area contributed by atoms with E-state index in [1.165, 1.54) is 24.4 Å². The van der Waals surface area contributed by atoms with Crippen LogP contribution in [0.5, 0.6) is 11.8 Å². The van der Waals surface area contributed by atoms with Gasteiger partial charge in [0.05, 0.1) is 27.9 Å². The number of carbonyl (C=O) groups is 1. The second-order valence-corrected chi connectivity index (χ2v) is 15.1. The minimum Gasteiger partial charge on any atom is -0.508 e. The number of ether oxygens (including phenoxy) is 2. The van der Waals surface area contributed by atoms with Crippen LogP contribution in [0, 0.1) is 28.3 Å². The Hall–Kier alpha value is -6.14. The van der Waals surface area contributed by atoms with Crippen molar-refractivity contribution in [1.29, 1.82) is 0 Å². The SMILES string of the molecule is C#Cc1cccc2cc(O)cc(-c3ncc4c(N5CC6CCC(C5)N6C(=O)OCc5ccc([N+](=O)[O-])cc5)nc(OCC56CCCN5C[C@H](F)C6)nc4c3F)c12. The smallest absolute Gasteiger partial charge is 0.410 e. The fourth-order valence-corrected chi connectivity index (χ4v) is 9.19. The van der Waals surface area contributed by atoms with Crippen molar-refractivity contribution in [2.24, 2.45) is 0 Å². The molecule has 5 aromatic rings. The largest absolute Gasteiger partial charge is 0.508 e.